The Labute approximate surface area is 114 Å². The van der Waals surface area contributed by atoms with Crippen LogP contribution in [-0.2, 0) is 6.61 Å². The molecule has 0 radical (unpaired) electrons. The van der Waals surface area contributed by atoms with E-state index in [1.807, 2.05) is 5.43 Å². The zero-order valence-electron chi connectivity index (χ0n) is 10.4. The van der Waals surface area contributed by atoms with Gasteiger partial charge in [0.2, 0.25) is 0 Å². The van der Waals surface area contributed by atoms with Crippen molar-refractivity contribution in [2.24, 2.45) is 5.84 Å². The maximum Gasteiger partial charge on any atom is 0.265 e. The average Bonchev–Trinajstić information content (AvgIpc) is 2.46. The first kappa shape index (κ1) is 14.0. The van der Waals surface area contributed by atoms with Crippen molar-refractivity contribution in [2.75, 3.05) is 0 Å². The van der Waals surface area contributed by atoms with E-state index in [4.69, 9.17) is 10.6 Å². The van der Waals surface area contributed by atoms with Crippen molar-refractivity contribution < 1.29 is 18.3 Å². The van der Waals surface area contributed by atoms with Crippen LogP contribution in [0.3, 0.4) is 0 Å². The van der Waals surface area contributed by atoms with Crippen LogP contribution in [0.4, 0.5) is 8.78 Å². The third kappa shape index (κ3) is 2.92. The fourth-order valence-corrected chi connectivity index (χ4v) is 1.72. The van der Waals surface area contributed by atoms with Gasteiger partial charge in [-0.25, -0.2) is 14.6 Å². The summed E-state index contributed by atoms with van der Waals surface area (Å²) < 4.78 is 31.9. The van der Waals surface area contributed by atoms with E-state index in [9.17, 15) is 13.6 Å². The van der Waals surface area contributed by atoms with Crippen LogP contribution in [0.1, 0.15) is 15.9 Å². The number of nitrogens with one attached hydrogen (secondary N) is 1. The van der Waals surface area contributed by atoms with Gasteiger partial charge in [0, 0.05) is 11.1 Å². The van der Waals surface area contributed by atoms with Crippen LogP contribution in [0.2, 0.25) is 0 Å². The van der Waals surface area contributed by atoms with Crippen LogP contribution in [0.15, 0.2) is 42.5 Å². The summed E-state index contributed by atoms with van der Waals surface area (Å²) in [5.41, 5.74) is 2.75. The van der Waals surface area contributed by atoms with Crippen molar-refractivity contribution in [3.8, 4) is 5.75 Å². The minimum Gasteiger partial charge on any atom is -0.483 e. The number of rotatable bonds is 4. The van der Waals surface area contributed by atoms with Crippen molar-refractivity contribution in [3.63, 3.8) is 0 Å². The maximum absolute atomic E-state index is 13.4. The highest BCUT2D eigenvalue weighted by atomic mass is 19.1. The Morgan fingerprint density at radius 2 is 1.75 bits per heavy atom. The van der Waals surface area contributed by atoms with Gasteiger partial charge in [0.15, 0.2) is 17.4 Å². The molecule has 2 aromatic rings. The third-order valence-corrected chi connectivity index (χ3v) is 2.68. The van der Waals surface area contributed by atoms with Gasteiger partial charge in [0.1, 0.15) is 6.61 Å². The van der Waals surface area contributed by atoms with Crippen LogP contribution in [0, 0.1) is 11.6 Å². The van der Waals surface area contributed by atoms with Crippen molar-refractivity contribution in [3.05, 3.63) is 65.2 Å². The number of ether oxygens (including phenoxy) is 1. The summed E-state index contributed by atoms with van der Waals surface area (Å²) in [5.74, 6) is 2.49. The molecule has 0 spiro atoms. The van der Waals surface area contributed by atoms with Crippen LogP contribution in [0.5, 0.6) is 5.75 Å². The number of hydrazine groups is 1. The SMILES string of the molecule is NNC(=O)c1ccccc1COc1c(F)cccc1F. The number of carbonyl (C=O) groups is 1. The van der Waals surface area contributed by atoms with Gasteiger partial charge in [-0.2, -0.15) is 0 Å². The Morgan fingerprint density at radius 3 is 2.40 bits per heavy atom. The van der Waals surface area contributed by atoms with E-state index >= 15 is 0 Å². The molecule has 0 bridgehead atoms. The van der Waals surface area contributed by atoms with Crippen molar-refractivity contribution in [1.29, 1.82) is 0 Å². The second kappa shape index (κ2) is 6.12. The lowest BCUT2D eigenvalue weighted by atomic mass is 10.1. The topological polar surface area (TPSA) is 64.3 Å². The second-order valence-corrected chi connectivity index (χ2v) is 3.97. The van der Waals surface area contributed by atoms with E-state index in [0.29, 0.717) is 5.56 Å². The number of para-hydroxylation sites is 1. The molecule has 0 heterocycles. The molecule has 4 nitrogen and oxygen atoms in total. The normalized spacial score (nSPS) is 10.2. The van der Waals surface area contributed by atoms with Crippen molar-refractivity contribution in [2.45, 2.75) is 6.61 Å². The molecular formula is C14H12F2N2O2. The molecule has 2 rings (SSSR count). The van der Waals surface area contributed by atoms with Crippen LogP contribution in [-0.4, -0.2) is 5.91 Å². The predicted molar refractivity (Wildman–Crippen MR) is 68.8 cm³/mol. The summed E-state index contributed by atoms with van der Waals surface area (Å²) in [6.07, 6.45) is 0. The van der Waals surface area contributed by atoms with Crippen LogP contribution < -0.4 is 16.0 Å². The van der Waals surface area contributed by atoms with E-state index in [2.05, 4.69) is 0 Å². The van der Waals surface area contributed by atoms with Gasteiger partial charge in [0.25, 0.3) is 5.91 Å². The Balaban J connectivity index is 2.21. The van der Waals surface area contributed by atoms with Gasteiger partial charge in [-0.3, -0.25) is 10.2 Å². The summed E-state index contributed by atoms with van der Waals surface area (Å²) in [5, 5.41) is 0. The highest BCUT2D eigenvalue weighted by molar-refractivity contribution is 5.95. The fourth-order valence-electron chi connectivity index (χ4n) is 1.72. The Morgan fingerprint density at radius 1 is 1.10 bits per heavy atom. The molecule has 0 aliphatic rings. The van der Waals surface area contributed by atoms with E-state index in [0.717, 1.165) is 12.1 Å². The second-order valence-electron chi connectivity index (χ2n) is 3.97. The molecule has 0 saturated carbocycles. The number of amides is 1. The lowest BCUT2D eigenvalue weighted by Gasteiger charge is -2.11. The maximum atomic E-state index is 13.4. The van der Waals surface area contributed by atoms with Crippen LogP contribution in [0.25, 0.3) is 0 Å². The zero-order chi connectivity index (χ0) is 14.5. The molecule has 20 heavy (non-hydrogen) atoms. The average molecular weight is 278 g/mol. The molecule has 0 aromatic heterocycles. The van der Waals surface area contributed by atoms with E-state index in [1.165, 1.54) is 6.07 Å². The minimum atomic E-state index is -0.800. The summed E-state index contributed by atoms with van der Waals surface area (Å²) >= 11 is 0. The summed E-state index contributed by atoms with van der Waals surface area (Å²) in [4.78, 5) is 11.5. The van der Waals surface area contributed by atoms with Crippen molar-refractivity contribution >= 4 is 5.91 Å². The monoisotopic (exact) mass is 278 g/mol. The summed E-state index contributed by atoms with van der Waals surface area (Å²) in [6, 6.07) is 9.92. The number of nitrogen functional groups attached to an aromatic ring is 1. The van der Waals surface area contributed by atoms with Crippen molar-refractivity contribution in [1.82, 2.24) is 5.43 Å². The first-order valence-electron chi connectivity index (χ1n) is 5.79. The fraction of sp³-hybridized carbons (Fsp3) is 0.0714. The first-order valence-corrected chi connectivity index (χ1v) is 5.79. The van der Waals surface area contributed by atoms with Gasteiger partial charge in [-0.15, -0.1) is 0 Å². The molecule has 0 unspecified atom stereocenters. The summed E-state index contributed by atoms with van der Waals surface area (Å²) in [6.45, 7) is -0.151. The molecule has 0 saturated heterocycles. The molecule has 0 aliphatic carbocycles. The Bertz CT molecular complexity index is 612. The van der Waals surface area contributed by atoms with E-state index < -0.39 is 23.3 Å². The standard InChI is InChI=1S/C14H12F2N2O2/c15-11-6-3-7-12(16)13(11)20-8-9-4-1-2-5-10(9)14(19)18-17/h1-7H,8,17H2,(H,18,19). The Hall–Kier alpha value is -2.47. The number of carbonyl (C=O) groups excluding carboxylic acids is 1. The minimum absolute atomic E-state index is 0.151. The van der Waals surface area contributed by atoms with E-state index in [1.54, 1.807) is 24.3 Å². The molecule has 1 amide bonds. The van der Waals surface area contributed by atoms with Gasteiger partial charge >= 0.3 is 0 Å². The van der Waals surface area contributed by atoms with Crippen LogP contribution >= 0.6 is 0 Å². The number of hydrogen-bond donors (Lipinski definition) is 2. The largest absolute Gasteiger partial charge is 0.483 e. The number of benzene rings is 2. The number of nitrogens with two attached hydrogens (primary N) is 1. The molecule has 104 valence electrons. The first-order chi connectivity index (χ1) is 9.63. The Kier molecular flexibility index (Phi) is 4.27. The summed E-state index contributed by atoms with van der Waals surface area (Å²) in [7, 11) is 0. The third-order valence-electron chi connectivity index (χ3n) is 2.68. The highest BCUT2D eigenvalue weighted by Crippen LogP contribution is 2.22. The highest BCUT2D eigenvalue weighted by Gasteiger charge is 2.13. The molecule has 0 aliphatic heterocycles. The van der Waals surface area contributed by atoms with E-state index in [-0.39, 0.29) is 12.2 Å². The molecule has 0 fully saturated rings. The van der Waals surface area contributed by atoms with Gasteiger partial charge in [-0.1, -0.05) is 24.3 Å². The lowest BCUT2D eigenvalue weighted by Crippen LogP contribution is -2.31. The molecule has 3 N–H and O–H groups in total. The lowest BCUT2D eigenvalue weighted by molar-refractivity contribution is 0.0951. The number of hydrogen-bond acceptors (Lipinski definition) is 3. The molecule has 6 heteroatoms. The molecule has 2 aromatic carbocycles. The smallest absolute Gasteiger partial charge is 0.265 e. The number of halogens is 2. The van der Waals surface area contributed by atoms with Gasteiger partial charge in [0.05, 0.1) is 0 Å². The van der Waals surface area contributed by atoms with Gasteiger partial charge < -0.3 is 4.74 Å². The zero-order valence-corrected chi connectivity index (χ0v) is 10.4. The molecule has 0 atom stereocenters. The molecular weight excluding hydrogens is 266 g/mol. The van der Waals surface area contributed by atoms with Gasteiger partial charge in [-0.05, 0) is 18.2 Å². The quantitative estimate of drug-likeness (QED) is 0.511. The predicted octanol–water partition coefficient (Wildman–Crippen LogP) is 2.15.